The van der Waals surface area contributed by atoms with Crippen LogP contribution in [-0.2, 0) is 0 Å². The van der Waals surface area contributed by atoms with Gasteiger partial charge < -0.3 is 4.74 Å². The zero-order valence-electron chi connectivity index (χ0n) is 11.2. The van der Waals surface area contributed by atoms with Gasteiger partial charge in [0, 0.05) is 11.6 Å². The van der Waals surface area contributed by atoms with Crippen molar-refractivity contribution in [2.24, 2.45) is 0 Å². The number of carbonyl (C=O) groups is 1. The summed E-state index contributed by atoms with van der Waals surface area (Å²) in [6, 6.07) is 11.0. The zero-order valence-corrected chi connectivity index (χ0v) is 11.9. The van der Waals surface area contributed by atoms with E-state index in [9.17, 15) is 4.79 Å². The molecular formula is C16H15ClO2. The highest BCUT2D eigenvalue weighted by molar-refractivity contribution is 6.34. The maximum atomic E-state index is 11.3. The fraction of sp³-hybridized carbons (Fsp3) is 0.188. The van der Waals surface area contributed by atoms with Gasteiger partial charge in [0.2, 0.25) is 0 Å². The standard InChI is InChI=1S/C16H15ClO2/c1-10-4-5-13(8-11(10)2)19-14-6-7-15(12(3)18)16(17)9-14/h4-9H,1-3H3. The highest BCUT2D eigenvalue weighted by atomic mass is 35.5. The molecule has 0 aliphatic rings. The molecule has 0 saturated carbocycles. The average Bonchev–Trinajstić information content (AvgIpc) is 2.33. The number of rotatable bonds is 3. The van der Waals surface area contributed by atoms with Crippen molar-refractivity contribution in [3.63, 3.8) is 0 Å². The highest BCUT2D eigenvalue weighted by Gasteiger charge is 2.07. The lowest BCUT2D eigenvalue weighted by Gasteiger charge is -2.09. The molecule has 2 nitrogen and oxygen atoms in total. The number of carbonyl (C=O) groups excluding carboxylic acids is 1. The zero-order chi connectivity index (χ0) is 14.0. The van der Waals surface area contributed by atoms with Gasteiger partial charge in [0.05, 0.1) is 5.02 Å². The maximum Gasteiger partial charge on any atom is 0.161 e. The second-order valence-corrected chi connectivity index (χ2v) is 4.95. The molecule has 0 bridgehead atoms. The van der Waals surface area contributed by atoms with Crippen LogP contribution in [0.5, 0.6) is 11.5 Å². The fourth-order valence-corrected chi connectivity index (χ4v) is 2.06. The van der Waals surface area contributed by atoms with Crippen molar-refractivity contribution in [3.8, 4) is 11.5 Å². The minimum absolute atomic E-state index is 0.0530. The minimum Gasteiger partial charge on any atom is -0.457 e. The van der Waals surface area contributed by atoms with Gasteiger partial charge in [0.25, 0.3) is 0 Å². The second-order valence-electron chi connectivity index (χ2n) is 4.55. The molecule has 0 fully saturated rings. The van der Waals surface area contributed by atoms with E-state index in [4.69, 9.17) is 16.3 Å². The van der Waals surface area contributed by atoms with Crippen LogP contribution in [0.1, 0.15) is 28.4 Å². The van der Waals surface area contributed by atoms with E-state index < -0.39 is 0 Å². The first-order valence-electron chi connectivity index (χ1n) is 6.03. The third-order valence-corrected chi connectivity index (χ3v) is 3.35. The van der Waals surface area contributed by atoms with Crippen LogP contribution in [0.4, 0.5) is 0 Å². The number of halogens is 1. The van der Waals surface area contributed by atoms with Crippen molar-refractivity contribution in [1.82, 2.24) is 0 Å². The van der Waals surface area contributed by atoms with Crippen molar-refractivity contribution >= 4 is 17.4 Å². The van der Waals surface area contributed by atoms with Crippen LogP contribution in [0.3, 0.4) is 0 Å². The van der Waals surface area contributed by atoms with Crippen molar-refractivity contribution < 1.29 is 9.53 Å². The Balaban J connectivity index is 2.26. The van der Waals surface area contributed by atoms with E-state index in [1.807, 2.05) is 25.1 Å². The van der Waals surface area contributed by atoms with Gasteiger partial charge in [-0.05, 0) is 56.2 Å². The number of hydrogen-bond donors (Lipinski definition) is 0. The van der Waals surface area contributed by atoms with Crippen LogP contribution in [0.2, 0.25) is 5.02 Å². The Morgan fingerprint density at radius 2 is 1.63 bits per heavy atom. The number of hydrogen-bond acceptors (Lipinski definition) is 2. The summed E-state index contributed by atoms with van der Waals surface area (Å²) in [5.74, 6) is 1.33. The van der Waals surface area contributed by atoms with Gasteiger partial charge in [0.1, 0.15) is 11.5 Å². The third-order valence-electron chi connectivity index (χ3n) is 3.03. The maximum absolute atomic E-state index is 11.3. The molecule has 98 valence electrons. The first-order valence-corrected chi connectivity index (χ1v) is 6.41. The summed E-state index contributed by atoms with van der Waals surface area (Å²) in [7, 11) is 0. The van der Waals surface area contributed by atoms with Crippen molar-refractivity contribution in [3.05, 3.63) is 58.1 Å². The van der Waals surface area contributed by atoms with E-state index >= 15 is 0 Å². The molecule has 2 aromatic rings. The Kier molecular flexibility index (Phi) is 3.91. The molecule has 0 radical (unpaired) electrons. The second kappa shape index (κ2) is 5.45. The number of benzene rings is 2. The summed E-state index contributed by atoms with van der Waals surface area (Å²) in [6.07, 6.45) is 0. The lowest BCUT2D eigenvalue weighted by molar-refractivity contribution is 0.101. The summed E-state index contributed by atoms with van der Waals surface area (Å²) in [5.41, 5.74) is 2.90. The minimum atomic E-state index is -0.0530. The van der Waals surface area contributed by atoms with Crippen molar-refractivity contribution in [2.75, 3.05) is 0 Å². The Bertz CT molecular complexity index is 633. The normalized spacial score (nSPS) is 10.3. The molecular weight excluding hydrogens is 260 g/mol. The van der Waals surface area contributed by atoms with Crippen LogP contribution >= 0.6 is 11.6 Å². The van der Waals surface area contributed by atoms with E-state index in [1.54, 1.807) is 18.2 Å². The SMILES string of the molecule is CC(=O)c1ccc(Oc2ccc(C)c(C)c2)cc1Cl. The van der Waals surface area contributed by atoms with E-state index in [2.05, 4.69) is 6.92 Å². The summed E-state index contributed by atoms with van der Waals surface area (Å²) in [4.78, 5) is 11.3. The molecule has 0 aromatic heterocycles. The number of aryl methyl sites for hydroxylation is 2. The van der Waals surface area contributed by atoms with Crippen LogP contribution in [0.25, 0.3) is 0 Å². The molecule has 0 aliphatic carbocycles. The van der Waals surface area contributed by atoms with Crippen LogP contribution in [0, 0.1) is 13.8 Å². The number of ether oxygens (including phenoxy) is 1. The van der Waals surface area contributed by atoms with Gasteiger partial charge in [-0.3, -0.25) is 4.79 Å². The molecule has 0 N–H and O–H groups in total. The van der Waals surface area contributed by atoms with Gasteiger partial charge >= 0.3 is 0 Å². The monoisotopic (exact) mass is 274 g/mol. The Morgan fingerprint density at radius 3 is 2.21 bits per heavy atom. The highest BCUT2D eigenvalue weighted by Crippen LogP contribution is 2.28. The molecule has 19 heavy (non-hydrogen) atoms. The molecule has 0 spiro atoms. The van der Waals surface area contributed by atoms with Gasteiger partial charge in [-0.25, -0.2) is 0 Å². The summed E-state index contributed by atoms with van der Waals surface area (Å²) >= 11 is 6.05. The van der Waals surface area contributed by atoms with Gasteiger partial charge in [-0.2, -0.15) is 0 Å². The Morgan fingerprint density at radius 1 is 1.00 bits per heavy atom. The predicted octanol–water partition coefficient (Wildman–Crippen LogP) is 4.95. The van der Waals surface area contributed by atoms with E-state index in [1.165, 1.54) is 18.1 Å². The quantitative estimate of drug-likeness (QED) is 0.740. The fourth-order valence-electron chi connectivity index (χ4n) is 1.76. The smallest absolute Gasteiger partial charge is 0.161 e. The van der Waals surface area contributed by atoms with Crippen LogP contribution in [-0.4, -0.2) is 5.78 Å². The number of Topliss-reactive ketones (excluding diaryl/α,β-unsaturated/α-hetero) is 1. The largest absolute Gasteiger partial charge is 0.457 e. The molecule has 0 unspecified atom stereocenters. The summed E-state index contributed by atoms with van der Waals surface area (Å²) in [5, 5.41) is 0.411. The summed E-state index contributed by atoms with van der Waals surface area (Å²) in [6.45, 7) is 5.58. The molecule has 2 rings (SSSR count). The van der Waals surface area contributed by atoms with Gasteiger partial charge in [-0.15, -0.1) is 0 Å². The molecule has 2 aromatic carbocycles. The topological polar surface area (TPSA) is 26.3 Å². The van der Waals surface area contributed by atoms with Crippen LogP contribution < -0.4 is 4.74 Å². The first kappa shape index (κ1) is 13.6. The van der Waals surface area contributed by atoms with E-state index in [0.29, 0.717) is 16.3 Å². The number of ketones is 1. The Labute approximate surface area is 118 Å². The van der Waals surface area contributed by atoms with Gasteiger partial charge in [0.15, 0.2) is 5.78 Å². The molecule has 0 heterocycles. The van der Waals surface area contributed by atoms with Crippen molar-refractivity contribution in [1.29, 1.82) is 0 Å². The molecule has 0 atom stereocenters. The lowest BCUT2D eigenvalue weighted by atomic mass is 10.1. The summed E-state index contributed by atoms with van der Waals surface area (Å²) < 4.78 is 5.73. The van der Waals surface area contributed by atoms with E-state index in [0.717, 1.165) is 5.75 Å². The first-order chi connectivity index (χ1) is 8.97. The molecule has 0 saturated heterocycles. The predicted molar refractivity (Wildman–Crippen MR) is 77.4 cm³/mol. The van der Waals surface area contributed by atoms with Crippen LogP contribution in [0.15, 0.2) is 36.4 Å². The average molecular weight is 275 g/mol. The lowest BCUT2D eigenvalue weighted by Crippen LogP contribution is -1.94. The van der Waals surface area contributed by atoms with Crippen molar-refractivity contribution in [2.45, 2.75) is 20.8 Å². The third kappa shape index (κ3) is 3.15. The Hall–Kier alpha value is -1.80. The van der Waals surface area contributed by atoms with E-state index in [-0.39, 0.29) is 5.78 Å². The molecule has 0 aliphatic heterocycles. The molecule has 3 heteroatoms. The molecule has 0 amide bonds. The van der Waals surface area contributed by atoms with Gasteiger partial charge in [-0.1, -0.05) is 17.7 Å².